The summed E-state index contributed by atoms with van der Waals surface area (Å²) >= 11 is 14.0. The molecule has 7 heteroatoms. The van der Waals surface area contributed by atoms with Gasteiger partial charge in [-0.25, -0.2) is 0 Å². The minimum Gasteiger partial charge on any atom is -0.291 e. The zero-order valence-electron chi connectivity index (χ0n) is 6.24. The molecule has 0 aromatic carbocycles. The molecule has 0 saturated carbocycles. The minimum atomic E-state index is -1.27. The van der Waals surface area contributed by atoms with Crippen LogP contribution in [0.1, 0.15) is 20.7 Å². The van der Waals surface area contributed by atoms with Gasteiger partial charge in [0.05, 0.1) is 18.7 Å². The molecule has 0 bridgehead atoms. The van der Waals surface area contributed by atoms with Crippen LogP contribution in [0.25, 0.3) is 0 Å². The van der Waals surface area contributed by atoms with Crippen molar-refractivity contribution in [1.82, 2.24) is 0 Å². The van der Waals surface area contributed by atoms with Gasteiger partial charge in [0.25, 0.3) is 0 Å². The highest BCUT2D eigenvalue weighted by atomic mass is 79.9. The summed E-state index contributed by atoms with van der Waals surface area (Å²) in [5, 5.41) is 0. The molecule has 1 aromatic heterocycles. The Morgan fingerprint density at radius 1 is 0.929 bits per heavy atom. The summed E-state index contributed by atoms with van der Waals surface area (Å²) in [5.41, 5.74) is 0.890. The molecule has 1 aromatic rings. The number of alkyl halides is 2. The predicted octanol–water partition coefficient (Wildman–Crippen LogP) is 4.14. The van der Waals surface area contributed by atoms with Crippen LogP contribution in [-0.4, -0.2) is 14.8 Å². The molecule has 1 aliphatic carbocycles. The Hall–Kier alpha value is 0.960. The van der Waals surface area contributed by atoms with Crippen molar-refractivity contribution in [2.45, 2.75) is 3.23 Å². The van der Waals surface area contributed by atoms with Crippen LogP contribution in [0.2, 0.25) is 0 Å². The molecule has 74 valence electrons. The smallest absolute Gasteiger partial charge is 0.205 e. The van der Waals surface area contributed by atoms with E-state index in [2.05, 4.69) is 63.7 Å². The number of hydrogen-bond acceptors (Lipinski definition) is 3. The maximum absolute atomic E-state index is 11.8. The van der Waals surface area contributed by atoms with Gasteiger partial charge in [-0.2, -0.15) is 0 Å². The standard InChI is InChI=1S/C7Br4O2S/c8-5-1-2(6(9)14-5)4(13)7(10,11)3(1)12. The average Bonchev–Trinajstić information content (AvgIpc) is 2.45. The zero-order valence-corrected chi connectivity index (χ0v) is 13.4. The second-order valence-electron chi connectivity index (χ2n) is 2.63. The number of ketones is 2. The lowest BCUT2D eigenvalue weighted by Crippen LogP contribution is -2.26. The van der Waals surface area contributed by atoms with Gasteiger partial charge in [-0.15, -0.1) is 11.3 Å². The van der Waals surface area contributed by atoms with Crippen molar-refractivity contribution >= 4 is 86.6 Å². The highest BCUT2D eigenvalue weighted by Crippen LogP contribution is 2.49. The van der Waals surface area contributed by atoms with E-state index in [1.807, 2.05) is 0 Å². The lowest BCUT2D eigenvalue weighted by molar-refractivity contribution is 0.0922. The van der Waals surface area contributed by atoms with E-state index in [4.69, 9.17) is 0 Å². The SMILES string of the molecule is O=C1c2c(Br)sc(Br)c2C(=O)C1(Br)Br. The summed E-state index contributed by atoms with van der Waals surface area (Å²) in [6, 6.07) is 0. The molecule has 2 rings (SSSR count). The van der Waals surface area contributed by atoms with Gasteiger partial charge in [0.1, 0.15) is 0 Å². The Balaban J connectivity index is 2.78. The molecule has 0 fully saturated rings. The number of thiophene rings is 1. The molecule has 0 spiro atoms. The van der Waals surface area contributed by atoms with E-state index in [1.165, 1.54) is 11.3 Å². The van der Waals surface area contributed by atoms with Crippen LogP contribution in [0.3, 0.4) is 0 Å². The first-order valence-electron chi connectivity index (χ1n) is 3.32. The minimum absolute atomic E-state index is 0.258. The molecule has 0 unspecified atom stereocenters. The van der Waals surface area contributed by atoms with E-state index >= 15 is 0 Å². The summed E-state index contributed by atoms with van der Waals surface area (Å²) in [6.07, 6.45) is 0. The first-order valence-corrected chi connectivity index (χ1v) is 7.31. The largest absolute Gasteiger partial charge is 0.291 e. The number of rotatable bonds is 0. The normalized spacial score (nSPS) is 18.9. The van der Waals surface area contributed by atoms with Crippen LogP contribution in [0.15, 0.2) is 7.57 Å². The molecule has 1 aliphatic rings. The first kappa shape index (κ1) is 11.4. The Morgan fingerprint density at radius 3 is 1.64 bits per heavy atom. The third kappa shape index (κ3) is 1.36. The summed E-state index contributed by atoms with van der Waals surface area (Å²) in [6.45, 7) is 0. The van der Waals surface area contributed by atoms with E-state index in [0.29, 0.717) is 18.7 Å². The molecule has 1 heterocycles. The van der Waals surface area contributed by atoms with Crippen molar-refractivity contribution < 1.29 is 9.59 Å². The molecule has 0 radical (unpaired) electrons. The second-order valence-corrected chi connectivity index (χ2v) is 9.73. The summed E-state index contributed by atoms with van der Waals surface area (Å²) in [7, 11) is 0. The topological polar surface area (TPSA) is 34.1 Å². The third-order valence-electron chi connectivity index (χ3n) is 1.85. The van der Waals surface area contributed by atoms with Gasteiger partial charge in [-0.05, 0) is 31.9 Å². The molecule has 0 N–H and O–H groups in total. The lowest BCUT2D eigenvalue weighted by atomic mass is 10.2. The van der Waals surface area contributed by atoms with E-state index < -0.39 is 3.23 Å². The lowest BCUT2D eigenvalue weighted by Gasteiger charge is -2.07. The van der Waals surface area contributed by atoms with Crippen molar-refractivity contribution in [1.29, 1.82) is 0 Å². The zero-order chi connectivity index (χ0) is 10.7. The van der Waals surface area contributed by atoms with E-state index in [-0.39, 0.29) is 11.6 Å². The van der Waals surface area contributed by atoms with Crippen molar-refractivity contribution in [2.75, 3.05) is 0 Å². The quantitative estimate of drug-likeness (QED) is 0.425. The Kier molecular flexibility index (Phi) is 2.84. The van der Waals surface area contributed by atoms with Crippen molar-refractivity contribution in [2.24, 2.45) is 0 Å². The molecule has 2 nitrogen and oxygen atoms in total. The molecule has 0 saturated heterocycles. The monoisotopic (exact) mass is 464 g/mol. The molecular weight excluding hydrogens is 468 g/mol. The van der Waals surface area contributed by atoms with Gasteiger partial charge in [-0.1, -0.05) is 31.9 Å². The summed E-state index contributed by atoms with van der Waals surface area (Å²) in [5.74, 6) is -0.516. The second kappa shape index (κ2) is 3.48. The fourth-order valence-electron chi connectivity index (χ4n) is 1.20. The van der Waals surface area contributed by atoms with E-state index in [0.717, 1.165) is 0 Å². The molecule has 0 atom stereocenters. The van der Waals surface area contributed by atoms with Gasteiger partial charge >= 0.3 is 0 Å². The number of carbonyl (C=O) groups excluding carboxylic acids is 2. The maximum atomic E-state index is 11.8. The van der Waals surface area contributed by atoms with Crippen LogP contribution < -0.4 is 0 Å². The first-order chi connectivity index (χ1) is 6.37. The third-order valence-corrected chi connectivity index (χ3v) is 5.82. The number of halogens is 4. The average molecular weight is 468 g/mol. The van der Waals surface area contributed by atoms with Crippen molar-refractivity contribution in [3.63, 3.8) is 0 Å². The van der Waals surface area contributed by atoms with Crippen LogP contribution in [0.4, 0.5) is 0 Å². The van der Waals surface area contributed by atoms with Gasteiger partial charge in [0.15, 0.2) is 0 Å². The summed E-state index contributed by atoms with van der Waals surface area (Å²) < 4.78 is 0.0842. The highest BCUT2D eigenvalue weighted by molar-refractivity contribution is 9.26. The van der Waals surface area contributed by atoms with Crippen molar-refractivity contribution in [3.05, 3.63) is 18.7 Å². The van der Waals surface area contributed by atoms with E-state index in [1.54, 1.807) is 0 Å². The number of hydrogen-bond donors (Lipinski definition) is 0. The van der Waals surface area contributed by atoms with Crippen LogP contribution in [0.5, 0.6) is 0 Å². The van der Waals surface area contributed by atoms with Gasteiger partial charge < -0.3 is 0 Å². The number of fused-ring (bicyclic) bond motifs is 1. The Morgan fingerprint density at radius 2 is 1.29 bits per heavy atom. The molecule has 0 amide bonds. The van der Waals surface area contributed by atoms with Crippen LogP contribution >= 0.6 is 75.1 Å². The number of Topliss-reactive ketones (excluding diaryl/α,β-unsaturated/α-hetero) is 2. The van der Waals surface area contributed by atoms with Crippen LogP contribution in [-0.2, 0) is 0 Å². The van der Waals surface area contributed by atoms with Gasteiger partial charge in [0.2, 0.25) is 14.8 Å². The maximum Gasteiger partial charge on any atom is 0.205 e. The fraction of sp³-hybridized carbons (Fsp3) is 0.143. The fourth-order valence-corrected chi connectivity index (χ4v) is 5.12. The Labute approximate surface area is 117 Å². The summed E-state index contributed by atoms with van der Waals surface area (Å²) in [4.78, 5) is 23.6. The molecule has 14 heavy (non-hydrogen) atoms. The Bertz CT molecular complexity index is 424. The molecular formula is C7Br4O2S. The number of carbonyl (C=O) groups is 2. The predicted molar refractivity (Wildman–Crippen MR) is 69.0 cm³/mol. The van der Waals surface area contributed by atoms with Crippen molar-refractivity contribution in [3.8, 4) is 0 Å². The molecule has 0 aliphatic heterocycles. The van der Waals surface area contributed by atoms with E-state index in [9.17, 15) is 9.59 Å². The van der Waals surface area contributed by atoms with Gasteiger partial charge in [-0.3, -0.25) is 9.59 Å². The van der Waals surface area contributed by atoms with Gasteiger partial charge in [0, 0.05) is 0 Å². The highest BCUT2D eigenvalue weighted by Gasteiger charge is 2.52. The van der Waals surface area contributed by atoms with Crippen LogP contribution in [0, 0.1) is 0 Å².